The summed E-state index contributed by atoms with van der Waals surface area (Å²) >= 11 is 1.46. The zero-order valence-corrected chi connectivity index (χ0v) is 40.4. The zero-order chi connectivity index (χ0) is 38.7. The van der Waals surface area contributed by atoms with Crippen molar-refractivity contribution in [1.82, 2.24) is 0 Å². The first-order valence-electron chi connectivity index (χ1n) is 19.3. The molecular weight excluding hydrogens is 752 g/mol. The van der Waals surface area contributed by atoms with Crippen LogP contribution in [0.5, 0.6) is 0 Å². The van der Waals surface area contributed by atoms with Crippen LogP contribution in [0.15, 0.2) is 124 Å². The van der Waals surface area contributed by atoms with Gasteiger partial charge in [0.05, 0.1) is 24.2 Å². The monoisotopic (exact) mass is 813 g/mol. The van der Waals surface area contributed by atoms with E-state index in [1.807, 2.05) is 5.20 Å². The van der Waals surface area contributed by atoms with Gasteiger partial charge in [-0.25, -0.2) is 0 Å². The molecule has 0 fully saturated rings. The molecule has 0 amide bonds. The molecule has 3 aromatic carbocycles. The predicted molar refractivity (Wildman–Crippen MR) is 235 cm³/mol. The molecular formula is C48H63Si3Zr-. The van der Waals surface area contributed by atoms with Crippen LogP contribution in [0.2, 0.25) is 64.0 Å². The van der Waals surface area contributed by atoms with Crippen molar-refractivity contribution in [2.75, 3.05) is 0 Å². The van der Waals surface area contributed by atoms with Crippen LogP contribution in [0.4, 0.5) is 0 Å². The second-order valence-electron chi connectivity index (χ2n) is 20.2. The molecule has 0 aromatic heterocycles. The van der Waals surface area contributed by atoms with Gasteiger partial charge in [0.2, 0.25) is 0 Å². The topological polar surface area (TPSA) is 0 Å². The van der Waals surface area contributed by atoms with Crippen molar-refractivity contribution in [3.8, 4) is 0 Å². The van der Waals surface area contributed by atoms with E-state index in [0.717, 1.165) is 6.42 Å². The van der Waals surface area contributed by atoms with Crippen molar-refractivity contribution in [3.05, 3.63) is 151 Å². The van der Waals surface area contributed by atoms with E-state index in [2.05, 4.69) is 204 Å². The van der Waals surface area contributed by atoms with Crippen LogP contribution in [-0.2, 0) is 29.7 Å². The van der Waals surface area contributed by atoms with E-state index in [1.54, 1.807) is 16.3 Å². The molecule has 1 atom stereocenters. The molecule has 4 heteroatoms. The normalized spacial score (nSPS) is 19.1. The van der Waals surface area contributed by atoms with Crippen LogP contribution >= 0.6 is 0 Å². The van der Waals surface area contributed by atoms with E-state index >= 15 is 0 Å². The summed E-state index contributed by atoms with van der Waals surface area (Å²) in [5, 5.41) is 6.46. The number of fused-ring (bicyclic) bond motifs is 2. The average Bonchev–Trinajstić information content (AvgIpc) is 3.70. The zero-order valence-electron chi connectivity index (χ0n) is 34.9. The molecule has 0 bridgehead atoms. The number of allylic oxidation sites excluding steroid dienone is 8. The molecule has 52 heavy (non-hydrogen) atoms. The number of benzene rings is 3. The minimum atomic E-state index is -1.85. The van der Waals surface area contributed by atoms with E-state index in [-0.39, 0.29) is 15.9 Å². The molecule has 272 valence electrons. The molecule has 0 spiro atoms. The quantitative estimate of drug-likeness (QED) is 0.172. The summed E-state index contributed by atoms with van der Waals surface area (Å²) in [7, 11) is -5.39. The van der Waals surface area contributed by atoms with Gasteiger partial charge in [-0.1, -0.05) is 158 Å². The third-order valence-electron chi connectivity index (χ3n) is 11.1. The van der Waals surface area contributed by atoms with Gasteiger partial charge in [-0.05, 0) is 22.3 Å². The fraction of sp³-hybridized carbons (Fsp3) is 0.396. The van der Waals surface area contributed by atoms with Gasteiger partial charge >= 0.3 is 99.2 Å². The molecule has 0 radical (unpaired) electrons. The van der Waals surface area contributed by atoms with Gasteiger partial charge in [-0.3, -0.25) is 0 Å². The van der Waals surface area contributed by atoms with Crippen molar-refractivity contribution in [2.45, 2.75) is 117 Å². The Labute approximate surface area is 335 Å². The summed E-state index contributed by atoms with van der Waals surface area (Å²) in [6, 6.07) is 28.4. The van der Waals surface area contributed by atoms with Crippen molar-refractivity contribution >= 4 is 39.1 Å². The Bertz CT molecular complexity index is 2050. The maximum atomic E-state index is 4.15. The fourth-order valence-electron chi connectivity index (χ4n) is 9.46. The third kappa shape index (κ3) is 7.53. The summed E-state index contributed by atoms with van der Waals surface area (Å²) in [5.74, 6) is 0. The van der Waals surface area contributed by atoms with Gasteiger partial charge in [0, 0.05) is 0 Å². The van der Waals surface area contributed by atoms with Crippen LogP contribution in [0.1, 0.15) is 64.7 Å². The van der Waals surface area contributed by atoms with Crippen molar-refractivity contribution in [1.29, 1.82) is 0 Å². The molecule has 0 N–H and O–H groups in total. The van der Waals surface area contributed by atoms with Crippen LogP contribution in [0, 0.1) is 5.41 Å². The average molecular weight is 816 g/mol. The Morgan fingerprint density at radius 2 is 1.25 bits per heavy atom. The first kappa shape index (κ1) is 40.9. The fourth-order valence-corrected chi connectivity index (χ4v) is 23.5. The van der Waals surface area contributed by atoms with E-state index in [1.165, 1.54) is 65.7 Å². The molecule has 1 unspecified atom stereocenters. The molecule has 0 heterocycles. The third-order valence-corrected chi connectivity index (χ3v) is 20.7. The molecule has 0 aliphatic heterocycles. The summed E-state index contributed by atoms with van der Waals surface area (Å²) < 4.78 is 1.42. The number of hydrogen-bond acceptors (Lipinski definition) is 0. The first-order chi connectivity index (χ1) is 23.9. The van der Waals surface area contributed by atoms with E-state index in [0.29, 0.717) is 0 Å². The predicted octanol–water partition coefficient (Wildman–Crippen LogP) is 12.0. The summed E-state index contributed by atoms with van der Waals surface area (Å²) in [6.07, 6.45) is 12.3. The van der Waals surface area contributed by atoms with Crippen LogP contribution < -0.4 is 10.4 Å². The summed E-state index contributed by atoms with van der Waals surface area (Å²) in [6.45, 7) is 38.4. The molecule has 0 saturated heterocycles. The van der Waals surface area contributed by atoms with Crippen LogP contribution in [-0.4, -0.2) is 27.4 Å². The van der Waals surface area contributed by atoms with Gasteiger partial charge in [-0.15, -0.1) is 33.7 Å². The summed E-state index contributed by atoms with van der Waals surface area (Å²) in [4.78, 5) is 0. The Morgan fingerprint density at radius 1 is 0.712 bits per heavy atom. The molecule has 3 aromatic rings. The summed E-state index contributed by atoms with van der Waals surface area (Å²) in [5.41, 5.74) is 10.5. The van der Waals surface area contributed by atoms with Gasteiger partial charge in [0.15, 0.2) is 0 Å². The van der Waals surface area contributed by atoms with E-state index in [9.17, 15) is 0 Å². The standard InChI is InChI=1S/C35H53Si3.C13H10.Zr/c1-33(2,3)26-20-21-27-25(22-26)23-28-29(27)31(36(7,8)9)32(37(10,11)12)35(34(4,5)6,38(13,14)15)30(28)24-18-16-17-19-24;1-3-7-12(8-4-1)11-13-9-5-2-6-10-13;/h16-18,20-22H,19H2,1-15H3;1-10H;/q-1;;. The van der Waals surface area contributed by atoms with Gasteiger partial charge < -0.3 is 0 Å². The first-order valence-corrected chi connectivity index (χ1v) is 31.0. The van der Waals surface area contributed by atoms with Gasteiger partial charge in [0.25, 0.3) is 0 Å². The minimum absolute atomic E-state index is 0.0542. The molecule has 6 rings (SSSR count). The second kappa shape index (κ2) is 14.4. The maximum absolute atomic E-state index is 4.15. The molecule has 0 nitrogen and oxygen atoms in total. The Balaban J connectivity index is 0.000000310. The number of rotatable bonds is 6. The van der Waals surface area contributed by atoms with E-state index < -0.39 is 24.2 Å². The van der Waals surface area contributed by atoms with Crippen molar-refractivity contribution in [2.24, 2.45) is 5.41 Å². The molecule has 3 aliphatic rings. The Kier molecular flexibility index (Phi) is 11.4. The van der Waals surface area contributed by atoms with Crippen LogP contribution in [0.25, 0.3) is 11.6 Å². The second-order valence-corrected chi connectivity index (χ2v) is 36.7. The van der Waals surface area contributed by atoms with Crippen molar-refractivity contribution < 1.29 is 24.2 Å². The van der Waals surface area contributed by atoms with Crippen LogP contribution in [0.3, 0.4) is 0 Å². The van der Waals surface area contributed by atoms with E-state index in [4.69, 9.17) is 0 Å². The Hall–Kier alpha value is -2.24. The molecule has 0 saturated carbocycles. The Morgan fingerprint density at radius 3 is 1.65 bits per heavy atom. The number of hydrogen-bond donors (Lipinski definition) is 0. The molecule has 3 aliphatic carbocycles. The van der Waals surface area contributed by atoms with Gasteiger partial charge in [0.1, 0.15) is 0 Å². The van der Waals surface area contributed by atoms with Crippen molar-refractivity contribution in [3.63, 3.8) is 0 Å². The van der Waals surface area contributed by atoms with Gasteiger partial charge in [-0.2, -0.15) is 0 Å². The SMILES string of the molecule is CC(C)(C)c1ccc2c(c1)=[C-]C1=C(C3=CC=CC3)C(C(C)(C)C)([Si](C)(C)C)C([Si](C)(C)C)=C([Si](C)(C)C)C=21.[Zr]=[C](c1ccccc1)c1ccccc1.